The number of rotatable bonds is 2. The molecule has 3 N–H and O–H groups in total. The van der Waals surface area contributed by atoms with Crippen molar-refractivity contribution in [3.05, 3.63) is 28.6 Å². The molecular weight excluding hydrogens is 204 g/mol. The van der Waals surface area contributed by atoms with Gasteiger partial charge >= 0.3 is 0 Å². The van der Waals surface area contributed by atoms with Crippen molar-refractivity contribution in [2.45, 2.75) is 6.92 Å². The van der Waals surface area contributed by atoms with Gasteiger partial charge in [0.15, 0.2) is 0 Å². The molecule has 0 bridgehead atoms. The van der Waals surface area contributed by atoms with E-state index in [1.165, 1.54) is 0 Å². The number of fused-ring (bicyclic) bond motifs is 1. The van der Waals surface area contributed by atoms with Crippen LogP contribution < -0.4 is 16.2 Å². The van der Waals surface area contributed by atoms with Crippen LogP contribution in [0.2, 0.25) is 0 Å². The summed E-state index contributed by atoms with van der Waals surface area (Å²) in [6.07, 6.45) is 0. The van der Waals surface area contributed by atoms with Crippen molar-refractivity contribution in [1.29, 1.82) is 0 Å². The van der Waals surface area contributed by atoms with Crippen molar-refractivity contribution in [3.8, 4) is 0 Å². The normalized spacial score (nSPS) is 10.6. The Morgan fingerprint density at radius 3 is 2.94 bits per heavy atom. The number of H-pyrrole nitrogens is 1. The first-order chi connectivity index (χ1) is 7.61. The summed E-state index contributed by atoms with van der Waals surface area (Å²) < 4.78 is 0. The molecule has 5 heteroatoms. The standard InChI is InChI=1S/C11H14N4O/c1-3-15(2)11-13-9-5-4-7(12)6-8(9)10(16)14-11/h4-6H,3,12H2,1-2H3,(H,13,14,16). The first kappa shape index (κ1) is 10.5. The summed E-state index contributed by atoms with van der Waals surface area (Å²) in [5.74, 6) is 0.574. The fraction of sp³-hybridized carbons (Fsp3) is 0.273. The van der Waals surface area contributed by atoms with Crippen molar-refractivity contribution in [1.82, 2.24) is 9.97 Å². The highest BCUT2D eigenvalue weighted by molar-refractivity contribution is 5.81. The molecule has 0 spiro atoms. The maximum absolute atomic E-state index is 11.8. The van der Waals surface area contributed by atoms with E-state index in [4.69, 9.17) is 5.73 Å². The minimum Gasteiger partial charge on any atom is -0.399 e. The second-order valence-electron chi connectivity index (χ2n) is 3.68. The van der Waals surface area contributed by atoms with Gasteiger partial charge in [-0.3, -0.25) is 9.78 Å². The second kappa shape index (κ2) is 3.84. The third kappa shape index (κ3) is 1.71. The van der Waals surface area contributed by atoms with Crippen LogP contribution in [0.5, 0.6) is 0 Å². The van der Waals surface area contributed by atoms with Gasteiger partial charge in [-0.05, 0) is 25.1 Å². The predicted octanol–water partition coefficient (Wildman–Crippen LogP) is 0.961. The lowest BCUT2D eigenvalue weighted by molar-refractivity contribution is 0.903. The van der Waals surface area contributed by atoms with Crippen LogP contribution in [0.3, 0.4) is 0 Å². The van der Waals surface area contributed by atoms with Crippen molar-refractivity contribution in [2.24, 2.45) is 0 Å². The summed E-state index contributed by atoms with van der Waals surface area (Å²) in [6, 6.07) is 5.13. The second-order valence-corrected chi connectivity index (χ2v) is 3.68. The molecule has 0 amide bonds. The molecule has 1 heterocycles. The highest BCUT2D eigenvalue weighted by Gasteiger charge is 2.06. The van der Waals surface area contributed by atoms with Gasteiger partial charge in [-0.25, -0.2) is 4.98 Å². The van der Waals surface area contributed by atoms with Gasteiger partial charge in [0.2, 0.25) is 5.95 Å². The van der Waals surface area contributed by atoms with Gasteiger partial charge in [-0.1, -0.05) is 0 Å². The average Bonchev–Trinajstić information content (AvgIpc) is 2.28. The molecule has 0 aliphatic heterocycles. The van der Waals surface area contributed by atoms with Crippen molar-refractivity contribution in [2.75, 3.05) is 24.2 Å². The van der Waals surface area contributed by atoms with E-state index in [1.54, 1.807) is 18.2 Å². The molecule has 1 aromatic carbocycles. The number of anilines is 2. The molecule has 0 fully saturated rings. The topological polar surface area (TPSA) is 75.0 Å². The Kier molecular flexibility index (Phi) is 2.52. The number of nitrogens with two attached hydrogens (primary N) is 1. The van der Waals surface area contributed by atoms with Crippen LogP contribution in [-0.2, 0) is 0 Å². The molecule has 0 saturated carbocycles. The predicted molar refractivity (Wildman–Crippen MR) is 65.7 cm³/mol. The Bertz CT molecular complexity index is 576. The molecule has 84 valence electrons. The van der Waals surface area contributed by atoms with Crippen LogP contribution in [0.15, 0.2) is 23.0 Å². The molecular formula is C11H14N4O. The van der Waals surface area contributed by atoms with Gasteiger partial charge in [0.25, 0.3) is 5.56 Å². The Labute approximate surface area is 92.9 Å². The summed E-state index contributed by atoms with van der Waals surface area (Å²) in [6.45, 7) is 2.77. The van der Waals surface area contributed by atoms with Gasteiger partial charge in [-0.15, -0.1) is 0 Å². The number of hydrogen-bond donors (Lipinski definition) is 2. The quantitative estimate of drug-likeness (QED) is 0.736. The van der Waals surface area contributed by atoms with Crippen LogP contribution >= 0.6 is 0 Å². The van der Waals surface area contributed by atoms with Crippen molar-refractivity contribution < 1.29 is 0 Å². The summed E-state index contributed by atoms with van der Waals surface area (Å²) in [5, 5.41) is 0.522. The van der Waals surface area contributed by atoms with Crippen LogP contribution in [0.25, 0.3) is 10.9 Å². The minimum absolute atomic E-state index is 0.160. The molecule has 5 nitrogen and oxygen atoms in total. The Morgan fingerprint density at radius 2 is 2.25 bits per heavy atom. The maximum atomic E-state index is 11.8. The molecule has 2 rings (SSSR count). The Balaban J connectivity index is 2.69. The van der Waals surface area contributed by atoms with E-state index in [0.717, 1.165) is 6.54 Å². The number of hydrogen-bond acceptors (Lipinski definition) is 4. The monoisotopic (exact) mass is 218 g/mol. The molecule has 0 unspecified atom stereocenters. The Morgan fingerprint density at radius 1 is 1.50 bits per heavy atom. The number of aromatic nitrogens is 2. The van der Waals surface area contributed by atoms with Gasteiger partial charge in [0, 0.05) is 19.3 Å². The zero-order valence-electron chi connectivity index (χ0n) is 9.32. The lowest BCUT2D eigenvalue weighted by Gasteiger charge is -2.14. The molecule has 0 saturated heterocycles. The Hall–Kier alpha value is -2.04. The molecule has 16 heavy (non-hydrogen) atoms. The molecule has 0 aliphatic carbocycles. The largest absolute Gasteiger partial charge is 0.399 e. The van der Waals surface area contributed by atoms with Gasteiger partial charge in [0.05, 0.1) is 10.9 Å². The van der Waals surface area contributed by atoms with E-state index in [2.05, 4.69) is 9.97 Å². The fourth-order valence-electron chi connectivity index (χ4n) is 1.47. The number of nitrogens with one attached hydrogen (secondary N) is 1. The molecule has 0 aliphatic rings. The van der Waals surface area contributed by atoms with Crippen molar-refractivity contribution in [3.63, 3.8) is 0 Å². The summed E-state index contributed by atoms with van der Waals surface area (Å²) in [7, 11) is 1.88. The first-order valence-corrected chi connectivity index (χ1v) is 5.12. The van der Waals surface area contributed by atoms with E-state index >= 15 is 0 Å². The van der Waals surface area contributed by atoms with Crippen LogP contribution in [0, 0.1) is 0 Å². The molecule has 2 aromatic rings. The SMILES string of the molecule is CCN(C)c1nc2ccc(N)cc2c(=O)[nH]1. The van der Waals surface area contributed by atoms with Crippen molar-refractivity contribution >= 4 is 22.5 Å². The van der Waals surface area contributed by atoms with E-state index < -0.39 is 0 Å². The zero-order chi connectivity index (χ0) is 11.7. The highest BCUT2D eigenvalue weighted by Crippen LogP contribution is 2.13. The van der Waals surface area contributed by atoms with Gasteiger partial charge < -0.3 is 10.6 Å². The lowest BCUT2D eigenvalue weighted by atomic mass is 10.2. The highest BCUT2D eigenvalue weighted by atomic mass is 16.1. The first-order valence-electron chi connectivity index (χ1n) is 5.12. The zero-order valence-corrected chi connectivity index (χ0v) is 9.32. The van der Waals surface area contributed by atoms with Gasteiger partial charge in [0.1, 0.15) is 0 Å². The summed E-state index contributed by atoms with van der Waals surface area (Å²) in [5.41, 5.74) is 6.69. The number of nitrogen functional groups attached to an aromatic ring is 1. The summed E-state index contributed by atoms with van der Waals surface area (Å²) >= 11 is 0. The fourth-order valence-corrected chi connectivity index (χ4v) is 1.47. The average molecular weight is 218 g/mol. The maximum Gasteiger partial charge on any atom is 0.260 e. The lowest BCUT2D eigenvalue weighted by Crippen LogP contribution is -2.22. The third-order valence-electron chi connectivity index (χ3n) is 2.55. The third-order valence-corrected chi connectivity index (χ3v) is 2.55. The van der Waals surface area contributed by atoms with E-state index in [1.807, 2.05) is 18.9 Å². The number of benzene rings is 1. The summed E-state index contributed by atoms with van der Waals surface area (Å²) in [4.78, 5) is 20.8. The van der Waals surface area contributed by atoms with E-state index in [9.17, 15) is 4.79 Å². The van der Waals surface area contributed by atoms with Crippen LogP contribution in [0.1, 0.15) is 6.92 Å². The van der Waals surface area contributed by atoms with Crippen LogP contribution in [-0.4, -0.2) is 23.6 Å². The number of aromatic amines is 1. The molecule has 0 atom stereocenters. The van der Waals surface area contributed by atoms with Gasteiger partial charge in [-0.2, -0.15) is 0 Å². The molecule has 0 radical (unpaired) electrons. The number of nitrogens with zero attached hydrogens (tertiary/aromatic N) is 2. The van der Waals surface area contributed by atoms with E-state index in [-0.39, 0.29) is 5.56 Å². The molecule has 1 aromatic heterocycles. The van der Waals surface area contributed by atoms with E-state index in [0.29, 0.717) is 22.5 Å². The van der Waals surface area contributed by atoms with Crippen LogP contribution in [0.4, 0.5) is 11.6 Å². The smallest absolute Gasteiger partial charge is 0.260 e. The minimum atomic E-state index is -0.160.